The van der Waals surface area contributed by atoms with E-state index in [-0.39, 0.29) is 12.1 Å². The van der Waals surface area contributed by atoms with Gasteiger partial charge in [-0.05, 0) is 23.8 Å². The maximum Gasteiger partial charge on any atom is 0.166 e. The molecule has 0 bridgehead atoms. The first kappa shape index (κ1) is 18.6. The van der Waals surface area contributed by atoms with Crippen LogP contribution in [0.5, 0.6) is 0 Å². The van der Waals surface area contributed by atoms with Crippen LogP contribution in [0.2, 0.25) is 0 Å². The molecule has 1 aromatic heterocycles. The number of aromatic nitrogens is 1. The molecule has 134 valence electrons. The Hall–Kier alpha value is -2.21. The van der Waals surface area contributed by atoms with Gasteiger partial charge in [0.05, 0.1) is 16.3 Å². The highest BCUT2D eigenvalue weighted by Gasteiger charge is 2.07. The molecule has 3 aromatic rings. The standard InChI is InChI=1S/C21H20FNO2S/c1-24-21(25-2)14-26-20-12-11-17-10-8-15(13-19(17)23-20)7-9-16-5-3-4-6-18(16)22/h3-13,21H,14H2,1-2H3/b9-7+. The number of pyridine rings is 1. The van der Waals surface area contributed by atoms with Crippen molar-refractivity contribution in [1.29, 1.82) is 0 Å². The zero-order valence-corrected chi connectivity index (χ0v) is 15.5. The number of halogens is 1. The van der Waals surface area contributed by atoms with Crippen LogP contribution < -0.4 is 0 Å². The molecule has 3 nitrogen and oxygen atoms in total. The van der Waals surface area contributed by atoms with Gasteiger partial charge < -0.3 is 9.47 Å². The lowest BCUT2D eigenvalue weighted by molar-refractivity contribution is -0.0842. The molecule has 0 saturated heterocycles. The van der Waals surface area contributed by atoms with E-state index < -0.39 is 0 Å². The van der Waals surface area contributed by atoms with Crippen LogP contribution in [0.15, 0.2) is 59.6 Å². The number of thioether (sulfide) groups is 1. The second-order valence-electron chi connectivity index (χ2n) is 5.67. The summed E-state index contributed by atoms with van der Waals surface area (Å²) in [6.45, 7) is 0. The molecule has 0 unspecified atom stereocenters. The first-order valence-corrected chi connectivity index (χ1v) is 9.20. The summed E-state index contributed by atoms with van der Waals surface area (Å²) in [5, 5.41) is 1.97. The van der Waals surface area contributed by atoms with Crippen molar-refractivity contribution in [2.45, 2.75) is 11.3 Å². The molecule has 1 heterocycles. The lowest BCUT2D eigenvalue weighted by Crippen LogP contribution is -2.15. The van der Waals surface area contributed by atoms with Crippen LogP contribution >= 0.6 is 11.8 Å². The monoisotopic (exact) mass is 369 g/mol. The maximum atomic E-state index is 13.7. The van der Waals surface area contributed by atoms with Crippen LogP contribution in [0.25, 0.3) is 23.1 Å². The van der Waals surface area contributed by atoms with Crippen molar-refractivity contribution in [2.75, 3.05) is 20.0 Å². The van der Waals surface area contributed by atoms with Crippen molar-refractivity contribution in [3.05, 3.63) is 71.5 Å². The van der Waals surface area contributed by atoms with E-state index in [1.165, 1.54) is 6.07 Å². The second-order valence-corrected chi connectivity index (χ2v) is 6.71. The predicted octanol–water partition coefficient (Wildman–Crippen LogP) is 5.26. The second kappa shape index (κ2) is 8.94. The van der Waals surface area contributed by atoms with Gasteiger partial charge >= 0.3 is 0 Å². The molecule has 0 spiro atoms. The van der Waals surface area contributed by atoms with Gasteiger partial charge in [-0.25, -0.2) is 9.37 Å². The summed E-state index contributed by atoms with van der Waals surface area (Å²) < 4.78 is 24.1. The van der Waals surface area contributed by atoms with Gasteiger partial charge in [-0.2, -0.15) is 0 Å². The predicted molar refractivity (Wildman–Crippen MR) is 106 cm³/mol. The molecule has 0 fully saturated rings. The first-order valence-electron chi connectivity index (χ1n) is 8.21. The van der Waals surface area contributed by atoms with E-state index >= 15 is 0 Å². The molecular formula is C21H20FNO2S. The number of rotatable bonds is 7. The third kappa shape index (κ3) is 4.69. The Morgan fingerprint density at radius 1 is 1.04 bits per heavy atom. The van der Waals surface area contributed by atoms with E-state index in [1.54, 1.807) is 44.2 Å². The highest BCUT2D eigenvalue weighted by atomic mass is 32.2. The van der Waals surface area contributed by atoms with Gasteiger partial charge in [0, 0.05) is 25.2 Å². The Kier molecular flexibility index (Phi) is 6.39. The molecular weight excluding hydrogens is 349 g/mol. The van der Waals surface area contributed by atoms with E-state index in [0.717, 1.165) is 21.5 Å². The smallest absolute Gasteiger partial charge is 0.166 e. The van der Waals surface area contributed by atoms with Gasteiger partial charge in [0.2, 0.25) is 0 Å². The number of fused-ring (bicyclic) bond motifs is 1. The molecule has 0 radical (unpaired) electrons. The molecule has 2 aromatic carbocycles. The van der Waals surface area contributed by atoms with E-state index in [2.05, 4.69) is 0 Å². The fraction of sp³-hybridized carbons (Fsp3) is 0.190. The minimum atomic E-state index is -0.257. The quantitative estimate of drug-likeness (QED) is 0.323. The number of benzene rings is 2. The van der Waals surface area contributed by atoms with E-state index in [0.29, 0.717) is 11.3 Å². The van der Waals surface area contributed by atoms with Crippen LogP contribution in [0.4, 0.5) is 4.39 Å². The number of ether oxygens (including phenoxy) is 2. The highest BCUT2D eigenvalue weighted by molar-refractivity contribution is 7.99. The minimum absolute atomic E-state index is 0.229. The third-order valence-corrected chi connectivity index (χ3v) is 4.91. The highest BCUT2D eigenvalue weighted by Crippen LogP contribution is 2.23. The molecule has 0 saturated carbocycles. The minimum Gasteiger partial charge on any atom is -0.355 e. The van der Waals surface area contributed by atoms with Crippen molar-refractivity contribution < 1.29 is 13.9 Å². The maximum absolute atomic E-state index is 13.7. The van der Waals surface area contributed by atoms with Gasteiger partial charge in [0.25, 0.3) is 0 Å². The lowest BCUT2D eigenvalue weighted by atomic mass is 10.1. The molecule has 26 heavy (non-hydrogen) atoms. The fourth-order valence-electron chi connectivity index (χ4n) is 2.48. The lowest BCUT2D eigenvalue weighted by Gasteiger charge is -2.12. The van der Waals surface area contributed by atoms with Crippen molar-refractivity contribution >= 4 is 34.8 Å². The largest absolute Gasteiger partial charge is 0.355 e. The normalized spacial score (nSPS) is 11.7. The molecule has 0 N–H and O–H groups in total. The zero-order chi connectivity index (χ0) is 18.4. The van der Waals surface area contributed by atoms with E-state index in [1.807, 2.05) is 42.5 Å². The van der Waals surface area contributed by atoms with Gasteiger partial charge in [0.15, 0.2) is 6.29 Å². The van der Waals surface area contributed by atoms with Gasteiger partial charge in [0.1, 0.15) is 5.82 Å². The number of methoxy groups -OCH3 is 2. The molecule has 5 heteroatoms. The summed E-state index contributed by atoms with van der Waals surface area (Å²) in [7, 11) is 3.24. The summed E-state index contributed by atoms with van der Waals surface area (Å²) in [6, 6.07) is 16.8. The molecule has 0 aliphatic heterocycles. The third-order valence-electron chi connectivity index (χ3n) is 3.94. The molecule has 0 aliphatic carbocycles. The van der Waals surface area contributed by atoms with Gasteiger partial charge in [-0.3, -0.25) is 0 Å². The zero-order valence-electron chi connectivity index (χ0n) is 14.7. The Labute approximate surface area is 156 Å². The van der Waals surface area contributed by atoms with Gasteiger partial charge in [-0.15, -0.1) is 11.8 Å². The molecule has 0 amide bonds. The molecule has 0 aliphatic rings. The Morgan fingerprint density at radius 3 is 2.58 bits per heavy atom. The van der Waals surface area contributed by atoms with Crippen LogP contribution in [-0.4, -0.2) is 31.2 Å². The van der Waals surface area contributed by atoms with E-state index in [9.17, 15) is 4.39 Å². The summed E-state index contributed by atoms with van der Waals surface area (Å²) in [6.07, 6.45) is 3.41. The van der Waals surface area contributed by atoms with Crippen molar-refractivity contribution in [3.8, 4) is 0 Å². The summed E-state index contributed by atoms with van der Waals surface area (Å²) >= 11 is 1.58. The summed E-state index contributed by atoms with van der Waals surface area (Å²) in [5.74, 6) is 0.436. The van der Waals surface area contributed by atoms with Crippen LogP contribution in [0, 0.1) is 5.82 Å². The fourth-order valence-corrected chi connectivity index (χ4v) is 3.39. The Balaban J connectivity index is 1.79. The van der Waals surface area contributed by atoms with Crippen molar-refractivity contribution in [1.82, 2.24) is 4.98 Å². The number of nitrogens with zero attached hydrogens (tertiary/aromatic N) is 1. The average molecular weight is 369 g/mol. The van der Waals surface area contributed by atoms with E-state index in [4.69, 9.17) is 14.5 Å². The SMILES string of the molecule is COC(CSc1ccc2ccc(/C=C/c3ccccc3F)cc2n1)OC. The van der Waals surface area contributed by atoms with Crippen LogP contribution in [0.3, 0.4) is 0 Å². The van der Waals surface area contributed by atoms with Gasteiger partial charge in [-0.1, -0.05) is 48.6 Å². The molecule has 0 atom stereocenters. The van der Waals surface area contributed by atoms with Crippen LogP contribution in [-0.2, 0) is 9.47 Å². The Morgan fingerprint density at radius 2 is 1.81 bits per heavy atom. The summed E-state index contributed by atoms with van der Waals surface area (Å²) in [4.78, 5) is 4.69. The number of hydrogen-bond donors (Lipinski definition) is 0. The van der Waals surface area contributed by atoms with Crippen molar-refractivity contribution in [2.24, 2.45) is 0 Å². The van der Waals surface area contributed by atoms with Crippen molar-refractivity contribution in [3.63, 3.8) is 0 Å². The first-order chi connectivity index (χ1) is 12.7. The van der Waals surface area contributed by atoms with Crippen LogP contribution in [0.1, 0.15) is 11.1 Å². The topological polar surface area (TPSA) is 31.4 Å². The molecule has 3 rings (SSSR count). The number of hydrogen-bond acceptors (Lipinski definition) is 4. The average Bonchev–Trinajstić information content (AvgIpc) is 2.68. The summed E-state index contributed by atoms with van der Waals surface area (Å²) in [5.41, 5.74) is 2.44. The Bertz CT molecular complexity index is 909.